The number of hydrogen-bond donors (Lipinski definition) is 0. The van der Waals surface area contributed by atoms with Gasteiger partial charge in [-0.2, -0.15) is 13.2 Å². The van der Waals surface area contributed by atoms with Crippen LogP contribution in [-0.2, 0) is 0 Å². The summed E-state index contributed by atoms with van der Waals surface area (Å²) in [5.41, 5.74) is 0. The van der Waals surface area contributed by atoms with Gasteiger partial charge in [0.15, 0.2) is 0 Å². The molecule has 1 unspecified atom stereocenters. The average molecular weight is 231 g/mol. The fourth-order valence-electron chi connectivity index (χ4n) is 1.92. The van der Waals surface area contributed by atoms with E-state index in [4.69, 9.17) is 0 Å². The van der Waals surface area contributed by atoms with E-state index in [-0.39, 0.29) is 13.0 Å². The standard InChI is InChI=1S/C10H12F3N3/c11-10(12,13)8-2-1-5-16(6-8)9-3-4-14-7-15-9/h3-4,7-8H,1-2,5-6H2. The Balaban J connectivity index is 2.08. The molecule has 2 heterocycles. The second kappa shape index (κ2) is 4.27. The summed E-state index contributed by atoms with van der Waals surface area (Å²) in [5, 5.41) is 0. The van der Waals surface area contributed by atoms with Crippen molar-refractivity contribution in [1.29, 1.82) is 0 Å². The van der Waals surface area contributed by atoms with Gasteiger partial charge in [0.05, 0.1) is 5.92 Å². The Labute approximate surface area is 91.3 Å². The summed E-state index contributed by atoms with van der Waals surface area (Å²) in [5.74, 6) is -0.667. The molecule has 1 aromatic heterocycles. The molecule has 0 amide bonds. The van der Waals surface area contributed by atoms with Crippen molar-refractivity contribution >= 4 is 5.82 Å². The van der Waals surface area contributed by atoms with Crippen molar-refractivity contribution in [2.75, 3.05) is 18.0 Å². The second-order valence-corrected chi connectivity index (χ2v) is 3.89. The highest BCUT2D eigenvalue weighted by atomic mass is 19.4. The molecule has 1 fully saturated rings. The largest absolute Gasteiger partial charge is 0.393 e. The monoisotopic (exact) mass is 231 g/mol. The van der Waals surface area contributed by atoms with Gasteiger partial charge < -0.3 is 4.90 Å². The predicted octanol–water partition coefficient (Wildman–Crippen LogP) is 2.26. The highest BCUT2D eigenvalue weighted by Gasteiger charge is 2.41. The van der Waals surface area contributed by atoms with E-state index in [1.54, 1.807) is 17.2 Å². The van der Waals surface area contributed by atoms with Crippen LogP contribution in [0.2, 0.25) is 0 Å². The Kier molecular flexibility index (Phi) is 2.98. The normalized spacial score (nSPS) is 22.2. The second-order valence-electron chi connectivity index (χ2n) is 3.89. The van der Waals surface area contributed by atoms with E-state index in [0.29, 0.717) is 18.8 Å². The number of hydrogen-bond acceptors (Lipinski definition) is 3. The summed E-state index contributed by atoms with van der Waals surface area (Å²) in [7, 11) is 0. The summed E-state index contributed by atoms with van der Waals surface area (Å²) in [4.78, 5) is 9.38. The third-order valence-electron chi connectivity index (χ3n) is 2.77. The van der Waals surface area contributed by atoms with Crippen LogP contribution < -0.4 is 4.90 Å². The van der Waals surface area contributed by atoms with Crippen LogP contribution in [0.5, 0.6) is 0 Å². The maximum atomic E-state index is 12.6. The van der Waals surface area contributed by atoms with E-state index in [0.717, 1.165) is 0 Å². The summed E-state index contributed by atoms with van der Waals surface area (Å²) in [6.07, 6.45) is -0.447. The zero-order valence-electron chi connectivity index (χ0n) is 8.61. The molecule has 0 bridgehead atoms. The van der Waals surface area contributed by atoms with Crippen LogP contribution in [0.15, 0.2) is 18.6 Å². The number of halogens is 3. The molecule has 0 aromatic carbocycles. The topological polar surface area (TPSA) is 29.0 Å². The van der Waals surface area contributed by atoms with Crippen molar-refractivity contribution < 1.29 is 13.2 Å². The lowest BCUT2D eigenvalue weighted by atomic mass is 9.97. The molecule has 0 saturated carbocycles. The Morgan fingerprint density at radius 1 is 1.38 bits per heavy atom. The van der Waals surface area contributed by atoms with E-state index in [9.17, 15) is 13.2 Å². The number of alkyl halides is 3. The van der Waals surface area contributed by atoms with Crippen molar-refractivity contribution in [3.05, 3.63) is 18.6 Å². The van der Waals surface area contributed by atoms with Crippen LogP contribution >= 0.6 is 0 Å². The Hall–Kier alpha value is -1.33. The van der Waals surface area contributed by atoms with Gasteiger partial charge in [-0.15, -0.1) is 0 Å². The maximum Gasteiger partial charge on any atom is 0.393 e. The lowest BCUT2D eigenvalue weighted by Gasteiger charge is -2.34. The molecule has 1 aromatic rings. The SMILES string of the molecule is FC(F)(F)C1CCCN(c2ccncn2)C1. The first-order valence-corrected chi connectivity index (χ1v) is 5.15. The molecule has 16 heavy (non-hydrogen) atoms. The van der Waals surface area contributed by atoms with Crippen LogP contribution in [0, 0.1) is 5.92 Å². The lowest BCUT2D eigenvalue weighted by Crippen LogP contribution is -2.42. The lowest BCUT2D eigenvalue weighted by molar-refractivity contribution is -0.176. The van der Waals surface area contributed by atoms with Crippen LogP contribution in [0.3, 0.4) is 0 Å². The average Bonchev–Trinajstić information content (AvgIpc) is 2.29. The molecule has 1 saturated heterocycles. The third kappa shape index (κ3) is 2.43. The summed E-state index contributed by atoms with van der Waals surface area (Å²) >= 11 is 0. The van der Waals surface area contributed by atoms with Gasteiger partial charge in [-0.25, -0.2) is 9.97 Å². The first-order chi connectivity index (χ1) is 7.57. The van der Waals surface area contributed by atoms with Crippen molar-refractivity contribution in [1.82, 2.24) is 9.97 Å². The number of piperidine rings is 1. The number of aromatic nitrogens is 2. The molecule has 2 rings (SSSR count). The highest BCUT2D eigenvalue weighted by molar-refractivity contribution is 5.37. The van der Waals surface area contributed by atoms with Gasteiger partial charge in [0.25, 0.3) is 0 Å². The van der Waals surface area contributed by atoms with E-state index in [2.05, 4.69) is 9.97 Å². The number of anilines is 1. The first-order valence-electron chi connectivity index (χ1n) is 5.15. The van der Waals surface area contributed by atoms with Crippen LogP contribution in [-0.4, -0.2) is 29.2 Å². The fraction of sp³-hybridized carbons (Fsp3) is 0.600. The Bertz CT molecular complexity index is 339. The zero-order chi connectivity index (χ0) is 11.6. The molecule has 0 radical (unpaired) electrons. The Morgan fingerprint density at radius 2 is 2.19 bits per heavy atom. The highest BCUT2D eigenvalue weighted by Crippen LogP contribution is 2.34. The minimum Gasteiger partial charge on any atom is -0.356 e. The van der Waals surface area contributed by atoms with Gasteiger partial charge in [-0.3, -0.25) is 0 Å². The van der Waals surface area contributed by atoms with E-state index in [1.807, 2.05) is 0 Å². The molecule has 1 atom stereocenters. The van der Waals surface area contributed by atoms with Crippen LogP contribution in [0.4, 0.5) is 19.0 Å². The molecule has 0 spiro atoms. The summed E-state index contributed by atoms with van der Waals surface area (Å²) < 4.78 is 37.7. The molecule has 6 heteroatoms. The molecule has 3 nitrogen and oxygen atoms in total. The molecular weight excluding hydrogens is 219 g/mol. The van der Waals surface area contributed by atoms with Crippen molar-refractivity contribution in [3.63, 3.8) is 0 Å². The van der Waals surface area contributed by atoms with E-state index in [1.165, 1.54) is 6.33 Å². The summed E-state index contributed by atoms with van der Waals surface area (Å²) in [6, 6.07) is 1.64. The van der Waals surface area contributed by atoms with Crippen LogP contribution in [0.25, 0.3) is 0 Å². The van der Waals surface area contributed by atoms with E-state index >= 15 is 0 Å². The zero-order valence-corrected chi connectivity index (χ0v) is 8.61. The molecule has 88 valence electrons. The van der Waals surface area contributed by atoms with Gasteiger partial charge in [0.2, 0.25) is 0 Å². The quantitative estimate of drug-likeness (QED) is 0.742. The fourth-order valence-corrected chi connectivity index (χ4v) is 1.92. The van der Waals surface area contributed by atoms with Crippen molar-refractivity contribution in [3.8, 4) is 0 Å². The van der Waals surface area contributed by atoms with Gasteiger partial charge in [-0.05, 0) is 18.9 Å². The summed E-state index contributed by atoms with van der Waals surface area (Å²) in [6.45, 7) is 0.629. The maximum absolute atomic E-state index is 12.6. The smallest absolute Gasteiger partial charge is 0.356 e. The number of rotatable bonds is 1. The van der Waals surface area contributed by atoms with E-state index < -0.39 is 12.1 Å². The number of nitrogens with zero attached hydrogens (tertiary/aromatic N) is 3. The predicted molar refractivity (Wildman–Crippen MR) is 53.0 cm³/mol. The molecule has 0 N–H and O–H groups in total. The van der Waals surface area contributed by atoms with Crippen molar-refractivity contribution in [2.45, 2.75) is 19.0 Å². The van der Waals surface area contributed by atoms with Gasteiger partial charge in [-0.1, -0.05) is 0 Å². The minimum atomic E-state index is -4.11. The molecule has 1 aliphatic heterocycles. The first kappa shape index (κ1) is 11.2. The third-order valence-corrected chi connectivity index (χ3v) is 2.77. The van der Waals surface area contributed by atoms with Crippen molar-refractivity contribution in [2.24, 2.45) is 5.92 Å². The molecular formula is C10H12F3N3. The van der Waals surface area contributed by atoms with Crippen LogP contribution in [0.1, 0.15) is 12.8 Å². The molecule has 1 aliphatic rings. The van der Waals surface area contributed by atoms with Gasteiger partial charge >= 0.3 is 6.18 Å². The van der Waals surface area contributed by atoms with Gasteiger partial charge in [0, 0.05) is 19.3 Å². The Morgan fingerprint density at radius 3 is 2.81 bits per heavy atom. The molecule has 0 aliphatic carbocycles. The minimum absolute atomic E-state index is 0.000509. The van der Waals surface area contributed by atoms with Gasteiger partial charge in [0.1, 0.15) is 12.1 Å².